The van der Waals surface area contributed by atoms with Crippen LogP contribution in [0, 0.1) is 0 Å². The summed E-state index contributed by atoms with van der Waals surface area (Å²) in [5.74, 6) is -0.390. The summed E-state index contributed by atoms with van der Waals surface area (Å²) in [4.78, 5) is 20.4. The number of alkyl halides is 3. The first-order valence-corrected chi connectivity index (χ1v) is 14.4. The number of halogens is 4. The molecule has 0 unspecified atom stereocenters. The number of benzene rings is 2. The lowest BCUT2D eigenvalue weighted by molar-refractivity contribution is -0.137. The van der Waals surface area contributed by atoms with Crippen LogP contribution in [0.15, 0.2) is 67.0 Å². The van der Waals surface area contributed by atoms with E-state index in [1.165, 1.54) is 0 Å². The first kappa shape index (κ1) is 29.6. The van der Waals surface area contributed by atoms with Gasteiger partial charge in [0.1, 0.15) is 0 Å². The molecular formula is C31H36ClF3N4O2. The van der Waals surface area contributed by atoms with Crippen LogP contribution in [-0.4, -0.2) is 89.2 Å². The molecule has 3 atom stereocenters. The highest BCUT2D eigenvalue weighted by molar-refractivity contribution is 6.30. The minimum atomic E-state index is -4.58. The van der Waals surface area contributed by atoms with Gasteiger partial charge in [0.2, 0.25) is 0 Å². The molecule has 2 aliphatic heterocycles. The maximum absolute atomic E-state index is 13.9. The van der Waals surface area contributed by atoms with Crippen molar-refractivity contribution in [1.82, 2.24) is 19.3 Å². The Kier molecular flexibility index (Phi) is 9.09. The maximum Gasteiger partial charge on any atom is 0.416 e. The molecule has 3 heterocycles. The van der Waals surface area contributed by atoms with Gasteiger partial charge in [0.15, 0.2) is 0 Å². The summed E-state index contributed by atoms with van der Waals surface area (Å²) in [5, 5.41) is 0.627. The fourth-order valence-corrected chi connectivity index (χ4v) is 6.05. The standard InChI is InChI=1S/C31H36ClF3N4O2/c1-22-19-37(20-23(2)41-22)12-11-36-13-14-39(29(21-36)15-24-5-7-27(32)8-6-24)30(40)25-16-26(31(33,34)35)18-28(17-25)38-9-3-4-10-38/h3-10,16-18,22-23,29H,11-15,19-21H2,1-2H3/t22-,23+,29-/m1/s1. The van der Waals surface area contributed by atoms with E-state index in [4.69, 9.17) is 16.3 Å². The Morgan fingerprint density at radius 1 is 0.927 bits per heavy atom. The zero-order chi connectivity index (χ0) is 29.1. The number of hydrogen-bond acceptors (Lipinski definition) is 4. The molecule has 2 aliphatic rings. The fourth-order valence-electron chi connectivity index (χ4n) is 5.93. The van der Waals surface area contributed by atoms with Crippen LogP contribution in [0.25, 0.3) is 5.69 Å². The highest BCUT2D eigenvalue weighted by Gasteiger charge is 2.35. The Morgan fingerprint density at radius 3 is 2.24 bits per heavy atom. The third-order valence-corrected chi connectivity index (χ3v) is 8.09. The van der Waals surface area contributed by atoms with Gasteiger partial charge in [-0.2, -0.15) is 13.2 Å². The van der Waals surface area contributed by atoms with Gasteiger partial charge in [0, 0.05) is 80.5 Å². The lowest BCUT2D eigenvalue weighted by Crippen LogP contribution is -2.57. The summed E-state index contributed by atoms with van der Waals surface area (Å²) in [6.07, 6.45) is -0.281. The monoisotopic (exact) mass is 588 g/mol. The van der Waals surface area contributed by atoms with Crippen molar-refractivity contribution in [1.29, 1.82) is 0 Å². The number of carbonyl (C=O) groups excluding carboxylic acids is 1. The molecule has 3 aromatic rings. The highest BCUT2D eigenvalue weighted by atomic mass is 35.5. The Balaban J connectivity index is 1.37. The van der Waals surface area contributed by atoms with Crippen molar-refractivity contribution in [2.24, 2.45) is 0 Å². The van der Waals surface area contributed by atoms with E-state index < -0.39 is 11.7 Å². The third kappa shape index (κ3) is 7.52. The summed E-state index contributed by atoms with van der Waals surface area (Å²) in [5.41, 5.74) is 0.519. The van der Waals surface area contributed by atoms with Crippen LogP contribution in [0.4, 0.5) is 13.2 Å². The van der Waals surface area contributed by atoms with E-state index >= 15 is 0 Å². The zero-order valence-corrected chi connectivity index (χ0v) is 24.1. The topological polar surface area (TPSA) is 41.0 Å². The first-order valence-electron chi connectivity index (χ1n) is 14.1. The first-order chi connectivity index (χ1) is 19.5. The van der Waals surface area contributed by atoms with E-state index in [2.05, 4.69) is 23.6 Å². The van der Waals surface area contributed by atoms with Crippen molar-refractivity contribution < 1.29 is 22.7 Å². The number of ether oxygens (including phenoxy) is 1. The van der Waals surface area contributed by atoms with Crippen molar-refractivity contribution in [3.63, 3.8) is 0 Å². The van der Waals surface area contributed by atoms with Gasteiger partial charge in [-0.3, -0.25) is 14.6 Å². The quantitative estimate of drug-likeness (QED) is 0.359. The minimum Gasteiger partial charge on any atom is -0.373 e. The van der Waals surface area contributed by atoms with Crippen LogP contribution in [0.2, 0.25) is 5.02 Å². The van der Waals surface area contributed by atoms with Crippen molar-refractivity contribution >= 4 is 17.5 Å². The smallest absolute Gasteiger partial charge is 0.373 e. The Bertz CT molecular complexity index is 1310. The Morgan fingerprint density at radius 2 is 1.59 bits per heavy atom. The predicted octanol–water partition coefficient (Wildman–Crippen LogP) is 5.63. The molecule has 0 N–H and O–H groups in total. The van der Waals surface area contributed by atoms with Crippen molar-refractivity contribution in [2.75, 3.05) is 45.8 Å². The van der Waals surface area contributed by atoms with Crippen LogP contribution in [0.1, 0.15) is 35.3 Å². The van der Waals surface area contributed by atoms with Gasteiger partial charge in [0.05, 0.1) is 17.8 Å². The van der Waals surface area contributed by atoms with Crippen LogP contribution >= 0.6 is 11.6 Å². The zero-order valence-electron chi connectivity index (χ0n) is 23.4. The molecule has 1 amide bonds. The number of aromatic nitrogens is 1. The molecule has 5 rings (SSSR count). The van der Waals surface area contributed by atoms with Gasteiger partial charge in [-0.25, -0.2) is 0 Å². The molecule has 220 valence electrons. The number of piperazine rings is 1. The third-order valence-electron chi connectivity index (χ3n) is 7.83. The van der Waals surface area contributed by atoms with Gasteiger partial charge in [0.25, 0.3) is 5.91 Å². The summed E-state index contributed by atoms with van der Waals surface area (Å²) in [7, 11) is 0. The van der Waals surface area contributed by atoms with E-state index in [9.17, 15) is 18.0 Å². The average molecular weight is 589 g/mol. The average Bonchev–Trinajstić information content (AvgIpc) is 3.47. The molecule has 0 spiro atoms. The summed E-state index contributed by atoms with van der Waals surface area (Å²) in [6, 6.07) is 14.4. The van der Waals surface area contributed by atoms with Crippen LogP contribution in [-0.2, 0) is 17.3 Å². The number of nitrogens with zero attached hydrogens (tertiary/aromatic N) is 4. The van der Waals surface area contributed by atoms with Gasteiger partial charge in [-0.15, -0.1) is 0 Å². The van der Waals surface area contributed by atoms with Gasteiger partial charge >= 0.3 is 6.18 Å². The molecule has 2 saturated heterocycles. The number of rotatable bonds is 7. The van der Waals surface area contributed by atoms with E-state index in [0.717, 1.165) is 43.9 Å². The number of hydrogen-bond donors (Lipinski definition) is 0. The SMILES string of the molecule is C[C@@H]1CN(CCN2CCN(C(=O)c3cc(-n4cccc4)cc(C(F)(F)F)c3)[C@H](Cc3ccc(Cl)cc3)C2)C[C@H](C)O1. The van der Waals surface area contributed by atoms with Crippen molar-refractivity contribution in [2.45, 2.75) is 44.7 Å². The van der Waals surface area contributed by atoms with Crippen LogP contribution in [0.3, 0.4) is 0 Å². The van der Waals surface area contributed by atoms with E-state index in [1.807, 2.05) is 24.3 Å². The van der Waals surface area contributed by atoms with Gasteiger partial charge in [-0.1, -0.05) is 23.7 Å². The minimum absolute atomic E-state index is 0.0365. The summed E-state index contributed by atoms with van der Waals surface area (Å²) in [6.45, 7) is 9.41. The summed E-state index contributed by atoms with van der Waals surface area (Å²) >= 11 is 6.10. The van der Waals surface area contributed by atoms with Gasteiger partial charge < -0.3 is 14.2 Å². The van der Waals surface area contributed by atoms with Gasteiger partial charge in [-0.05, 0) is 68.3 Å². The molecule has 0 aliphatic carbocycles. The predicted molar refractivity (Wildman–Crippen MR) is 154 cm³/mol. The number of amides is 1. The molecule has 2 fully saturated rings. The molecule has 0 radical (unpaired) electrons. The second kappa shape index (κ2) is 12.6. The normalized spacial score (nSPS) is 22.7. The van der Waals surface area contributed by atoms with Crippen molar-refractivity contribution in [3.8, 4) is 5.69 Å². The second-order valence-corrected chi connectivity index (χ2v) is 11.6. The Labute approximate surface area is 244 Å². The molecular weight excluding hydrogens is 553 g/mol. The van der Waals surface area contributed by atoms with E-state index in [0.29, 0.717) is 36.8 Å². The lowest BCUT2D eigenvalue weighted by atomic mass is 10.00. The van der Waals surface area contributed by atoms with Crippen LogP contribution < -0.4 is 0 Å². The molecule has 0 bridgehead atoms. The number of morpholine rings is 1. The molecule has 41 heavy (non-hydrogen) atoms. The molecule has 2 aromatic carbocycles. The number of carbonyl (C=O) groups is 1. The lowest BCUT2D eigenvalue weighted by Gasteiger charge is -2.43. The molecule has 0 saturated carbocycles. The second-order valence-electron chi connectivity index (χ2n) is 11.2. The summed E-state index contributed by atoms with van der Waals surface area (Å²) < 4.78 is 49.0. The highest BCUT2D eigenvalue weighted by Crippen LogP contribution is 2.32. The fraction of sp³-hybridized carbons (Fsp3) is 0.452. The van der Waals surface area contributed by atoms with E-state index in [-0.39, 0.29) is 29.7 Å². The van der Waals surface area contributed by atoms with E-state index in [1.54, 1.807) is 40.1 Å². The maximum atomic E-state index is 13.9. The molecule has 6 nitrogen and oxygen atoms in total. The van der Waals surface area contributed by atoms with Crippen LogP contribution in [0.5, 0.6) is 0 Å². The largest absolute Gasteiger partial charge is 0.416 e. The Hall–Kier alpha value is -2.85. The molecule has 10 heteroatoms. The van der Waals surface area contributed by atoms with Crippen molar-refractivity contribution in [3.05, 3.63) is 88.7 Å². The molecule has 1 aromatic heterocycles.